The highest BCUT2D eigenvalue weighted by Crippen LogP contribution is 2.53. The molecule has 0 saturated carbocycles. The first-order valence-corrected chi connectivity index (χ1v) is 11.6. The molecule has 1 nitrogen and oxygen atoms in total. The molecule has 3 aromatic carbocycles. The molecule has 1 fully saturated rings. The van der Waals surface area contributed by atoms with Crippen LogP contribution in [0.25, 0.3) is 0 Å². The number of rotatable bonds is 5. The van der Waals surface area contributed by atoms with E-state index in [1.165, 1.54) is 0 Å². The molecule has 0 N–H and O–H groups in total. The van der Waals surface area contributed by atoms with Gasteiger partial charge in [0.25, 0.3) is 0 Å². The number of alkyl halides is 1. The molecular weight excluding hydrogens is 466 g/mol. The molecule has 1 heterocycles. The van der Waals surface area contributed by atoms with E-state index in [4.69, 9.17) is 23.2 Å². The Morgan fingerprint density at radius 3 is 1.61 bits per heavy atom. The van der Waals surface area contributed by atoms with Crippen LogP contribution in [-0.2, 0) is 5.67 Å². The molecule has 6 heteroatoms. The van der Waals surface area contributed by atoms with Crippen LogP contribution in [0.1, 0.15) is 43.5 Å². The number of hydrogen-bond donors (Lipinski definition) is 0. The Balaban J connectivity index is 1.68. The van der Waals surface area contributed by atoms with E-state index < -0.39 is 28.6 Å². The smallest absolute Gasteiger partial charge is 0.146 e. The first-order valence-electron chi connectivity index (χ1n) is 10.9. The average molecular weight is 492 g/mol. The summed E-state index contributed by atoms with van der Waals surface area (Å²) in [5, 5.41) is 1.28. The molecule has 1 atom stereocenters. The monoisotopic (exact) mass is 491 g/mol. The van der Waals surface area contributed by atoms with Crippen molar-refractivity contribution in [1.29, 1.82) is 0 Å². The first-order chi connectivity index (χ1) is 15.5. The SMILES string of the molecule is CC(C)(C)C(F)(c1cc(F)cc(F)c1)C1CN(C(c2ccc(Cl)cc2)c2ccc(Cl)cc2)C1. The van der Waals surface area contributed by atoms with Crippen molar-refractivity contribution >= 4 is 23.2 Å². The fourth-order valence-corrected chi connectivity index (χ4v) is 5.18. The summed E-state index contributed by atoms with van der Waals surface area (Å²) in [5.74, 6) is -1.97. The van der Waals surface area contributed by atoms with Crippen LogP contribution >= 0.6 is 23.2 Å². The lowest BCUT2D eigenvalue weighted by Crippen LogP contribution is -2.59. The normalized spacial score (nSPS) is 17.1. The van der Waals surface area contributed by atoms with E-state index in [2.05, 4.69) is 4.90 Å². The standard InChI is InChI=1S/C27H26Cl2F3N/c1-26(2,3)27(32,19-12-23(30)14-24(31)13-19)20-15-33(16-20)25(17-4-8-21(28)9-5-17)18-6-10-22(29)11-7-18/h4-14,20,25H,15-16H2,1-3H3. The Kier molecular flexibility index (Phi) is 6.56. The summed E-state index contributed by atoms with van der Waals surface area (Å²) in [7, 11) is 0. The van der Waals surface area contributed by atoms with E-state index >= 15 is 4.39 Å². The molecule has 0 aromatic heterocycles. The van der Waals surface area contributed by atoms with Crippen molar-refractivity contribution in [2.75, 3.05) is 13.1 Å². The van der Waals surface area contributed by atoms with Crippen molar-refractivity contribution in [3.63, 3.8) is 0 Å². The molecule has 0 aliphatic carbocycles. The molecule has 0 amide bonds. The maximum atomic E-state index is 16.8. The lowest BCUT2D eigenvalue weighted by Gasteiger charge is -2.54. The Morgan fingerprint density at radius 2 is 1.21 bits per heavy atom. The number of benzene rings is 3. The van der Waals surface area contributed by atoms with E-state index in [-0.39, 0.29) is 11.6 Å². The number of hydrogen-bond acceptors (Lipinski definition) is 1. The maximum Gasteiger partial charge on any atom is 0.146 e. The van der Waals surface area contributed by atoms with E-state index in [1.807, 2.05) is 48.5 Å². The zero-order chi connectivity index (χ0) is 24.0. The van der Waals surface area contributed by atoms with Crippen molar-refractivity contribution in [1.82, 2.24) is 4.90 Å². The molecule has 0 spiro atoms. The fourth-order valence-electron chi connectivity index (χ4n) is 4.92. The van der Waals surface area contributed by atoms with Gasteiger partial charge in [-0.2, -0.15) is 0 Å². The predicted octanol–water partition coefficient (Wildman–Crippen LogP) is 8.20. The van der Waals surface area contributed by atoms with Crippen molar-refractivity contribution in [3.8, 4) is 0 Å². The van der Waals surface area contributed by atoms with Crippen LogP contribution in [0, 0.1) is 23.0 Å². The van der Waals surface area contributed by atoms with Gasteiger partial charge in [0, 0.05) is 40.5 Å². The van der Waals surface area contributed by atoms with Crippen LogP contribution in [0.4, 0.5) is 13.2 Å². The van der Waals surface area contributed by atoms with Gasteiger partial charge < -0.3 is 0 Å². The first kappa shape index (κ1) is 24.1. The fraction of sp³-hybridized carbons (Fsp3) is 0.333. The summed E-state index contributed by atoms with van der Waals surface area (Å²) in [6, 6.07) is 18.1. The summed E-state index contributed by atoms with van der Waals surface area (Å²) < 4.78 is 44.8. The Labute approximate surface area is 203 Å². The number of likely N-dealkylation sites (tertiary alicyclic amines) is 1. The quantitative estimate of drug-likeness (QED) is 0.347. The lowest BCUT2D eigenvalue weighted by atomic mass is 9.64. The van der Waals surface area contributed by atoms with E-state index in [0.29, 0.717) is 23.1 Å². The van der Waals surface area contributed by atoms with Gasteiger partial charge in [0.05, 0.1) is 6.04 Å². The molecule has 0 bridgehead atoms. The largest absolute Gasteiger partial charge is 0.291 e. The number of halogens is 5. The zero-order valence-corrected chi connectivity index (χ0v) is 20.3. The minimum atomic E-state index is -1.91. The van der Waals surface area contributed by atoms with Gasteiger partial charge in [0.15, 0.2) is 0 Å². The second-order valence-corrected chi connectivity index (χ2v) is 10.6. The highest BCUT2D eigenvalue weighted by Gasteiger charge is 2.55. The van der Waals surface area contributed by atoms with Gasteiger partial charge in [-0.1, -0.05) is 68.2 Å². The van der Waals surface area contributed by atoms with Crippen molar-refractivity contribution < 1.29 is 13.2 Å². The zero-order valence-electron chi connectivity index (χ0n) is 18.8. The molecule has 1 aliphatic heterocycles. The topological polar surface area (TPSA) is 3.24 Å². The van der Waals surface area contributed by atoms with Crippen LogP contribution in [0.2, 0.25) is 10.0 Å². The molecule has 174 valence electrons. The highest BCUT2D eigenvalue weighted by molar-refractivity contribution is 6.30. The molecule has 4 rings (SSSR count). The van der Waals surface area contributed by atoms with Crippen LogP contribution in [0.3, 0.4) is 0 Å². The van der Waals surface area contributed by atoms with Crippen LogP contribution < -0.4 is 0 Å². The third kappa shape index (κ3) is 4.66. The van der Waals surface area contributed by atoms with Gasteiger partial charge in [0.2, 0.25) is 0 Å². The summed E-state index contributed by atoms with van der Waals surface area (Å²) in [5.41, 5.74) is -0.669. The van der Waals surface area contributed by atoms with Gasteiger partial charge in [0.1, 0.15) is 17.3 Å². The van der Waals surface area contributed by atoms with E-state index in [0.717, 1.165) is 29.3 Å². The van der Waals surface area contributed by atoms with Crippen LogP contribution in [0.15, 0.2) is 66.7 Å². The van der Waals surface area contributed by atoms with Crippen molar-refractivity contribution in [3.05, 3.63) is 105 Å². The maximum absolute atomic E-state index is 16.8. The highest BCUT2D eigenvalue weighted by atomic mass is 35.5. The molecule has 1 aliphatic rings. The van der Waals surface area contributed by atoms with Gasteiger partial charge in [-0.3, -0.25) is 4.90 Å². The third-order valence-electron chi connectivity index (χ3n) is 6.58. The van der Waals surface area contributed by atoms with E-state index in [1.54, 1.807) is 20.8 Å². The van der Waals surface area contributed by atoms with Gasteiger partial charge in [-0.15, -0.1) is 0 Å². The van der Waals surface area contributed by atoms with Crippen molar-refractivity contribution in [2.45, 2.75) is 32.5 Å². The number of nitrogens with zero attached hydrogens (tertiary/aromatic N) is 1. The molecule has 3 aromatic rings. The molecule has 1 saturated heterocycles. The Hall–Kier alpha value is -2.01. The molecule has 0 radical (unpaired) electrons. The minimum Gasteiger partial charge on any atom is -0.291 e. The van der Waals surface area contributed by atoms with Crippen molar-refractivity contribution in [2.24, 2.45) is 11.3 Å². The summed E-state index contributed by atoms with van der Waals surface area (Å²) in [6.07, 6.45) is 0. The van der Waals surface area contributed by atoms with Crippen LogP contribution in [-0.4, -0.2) is 18.0 Å². The molecule has 1 unspecified atom stereocenters. The summed E-state index contributed by atoms with van der Waals surface area (Å²) in [6.45, 7) is 6.18. The summed E-state index contributed by atoms with van der Waals surface area (Å²) in [4.78, 5) is 2.17. The van der Waals surface area contributed by atoms with Gasteiger partial charge in [-0.05, 0) is 53.1 Å². The second-order valence-electron chi connectivity index (χ2n) is 9.78. The predicted molar refractivity (Wildman–Crippen MR) is 128 cm³/mol. The minimum absolute atomic E-state index is 0.0479. The van der Waals surface area contributed by atoms with Crippen LogP contribution in [0.5, 0.6) is 0 Å². The second kappa shape index (κ2) is 8.98. The Bertz CT molecular complexity index is 1050. The Morgan fingerprint density at radius 1 is 0.788 bits per heavy atom. The van der Waals surface area contributed by atoms with Gasteiger partial charge >= 0.3 is 0 Å². The lowest BCUT2D eigenvalue weighted by molar-refractivity contribution is -0.107. The van der Waals surface area contributed by atoms with E-state index in [9.17, 15) is 8.78 Å². The third-order valence-corrected chi connectivity index (χ3v) is 7.09. The summed E-state index contributed by atoms with van der Waals surface area (Å²) >= 11 is 12.2. The average Bonchev–Trinajstić information content (AvgIpc) is 2.70. The molecule has 33 heavy (non-hydrogen) atoms. The van der Waals surface area contributed by atoms with Gasteiger partial charge in [-0.25, -0.2) is 13.2 Å². The molecular formula is C27H26Cl2F3N.